The first-order chi connectivity index (χ1) is 10.4. The van der Waals surface area contributed by atoms with E-state index in [9.17, 15) is 0 Å². The van der Waals surface area contributed by atoms with E-state index in [1.54, 1.807) is 0 Å². The van der Waals surface area contributed by atoms with E-state index in [2.05, 4.69) is 67.6 Å². The summed E-state index contributed by atoms with van der Waals surface area (Å²) in [6.45, 7) is 2.30. The summed E-state index contributed by atoms with van der Waals surface area (Å²) in [5.41, 5.74) is 2.94. The highest BCUT2D eigenvalue weighted by Gasteiger charge is 2.13. The van der Waals surface area contributed by atoms with E-state index in [-0.39, 0.29) is 9.52 Å². The Hall–Kier alpha value is -1.34. The average Bonchev–Trinajstić information content (AvgIpc) is 2.56. The van der Waals surface area contributed by atoms with Crippen molar-refractivity contribution in [1.29, 1.82) is 0 Å². The Balaban J connectivity index is 1.94. The van der Waals surface area contributed by atoms with Gasteiger partial charge in [-0.1, -0.05) is 98.9 Å². The highest BCUT2D eigenvalue weighted by Crippen LogP contribution is 2.29. The van der Waals surface area contributed by atoms with Crippen LogP contribution in [0.1, 0.15) is 49.7 Å². The lowest BCUT2D eigenvalue weighted by Gasteiger charge is -2.18. The lowest BCUT2D eigenvalue weighted by atomic mass is 9.88. The highest BCUT2D eigenvalue weighted by molar-refractivity contribution is 6.35. The molecule has 0 atom stereocenters. The van der Waals surface area contributed by atoms with Crippen molar-refractivity contribution in [2.24, 2.45) is 0 Å². The zero-order valence-corrected chi connectivity index (χ0v) is 14.7. The number of unbranched alkanes of at least 4 members (excludes halogenated alkanes) is 1. The van der Waals surface area contributed by atoms with Gasteiger partial charge in [-0.3, -0.25) is 0 Å². The van der Waals surface area contributed by atoms with Crippen LogP contribution in [0.2, 0.25) is 12.1 Å². The van der Waals surface area contributed by atoms with Crippen LogP contribution in [0, 0.1) is 0 Å². The molecule has 0 aromatic heterocycles. The van der Waals surface area contributed by atoms with E-state index in [1.807, 2.05) is 0 Å². The number of benzene rings is 2. The third-order valence-electron chi connectivity index (χ3n) is 4.25. The van der Waals surface area contributed by atoms with Gasteiger partial charge in [-0.25, -0.2) is 0 Å². The van der Waals surface area contributed by atoms with E-state index in [4.69, 9.17) is 0 Å². The van der Waals surface area contributed by atoms with Crippen molar-refractivity contribution in [3.63, 3.8) is 0 Å². The van der Waals surface area contributed by atoms with Gasteiger partial charge in [0.25, 0.3) is 0 Å². The van der Waals surface area contributed by atoms with Crippen molar-refractivity contribution in [2.45, 2.75) is 50.6 Å². The van der Waals surface area contributed by atoms with Crippen molar-refractivity contribution in [1.82, 2.24) is 0 Å². The number of rotatable bonds is 9. The number of hydrogen-bond acceptors (Lipinski definition) is 0. The Bertz CT molecular complexity index is 438. The van der Waals surface area contributed by atoms with Gasteiger partial charge >= 0.3 is 0 Å². The van der Waals surface area contributed by atoms with Crippen LogP contribution in [-0.2, 0) is 0 Å². The number of hydrogen-bond donors (Lipinski definition) is 0. The molecule has 0 aliphatic carbocycles. The lowest BCUT2D eigenvalue weighted by molar-refractivity contribution is 0.695. The Morgan fingerprint density at radius 3 is 1.81 bits per heavy atom. The van der Waals surface area contributed by atoms with Crippen molar-refractivity contribution in [3.8, 4) is 0 Å². The second-order valence-electron chi connectivity index (χ2n) is 5.93. The maximum Gasteiger partial charge on any atom is 0.0197 e. The summed E-state index contributed by atoms with van der Waals surface area (Å²) in [6, 6.07) is 25.1. The quantitative estimate of drug-likeness (QED) is 0.429. The minimum Gasteiger partial charge on any atom is -0.0654 e. The molecule has 1 heteroatoms. The fraction of sp³-hybridized carbons (Fsp3) is 0.400. The first-order valence-corrected chi connectivity index (χ1v) is 10.5. The third-order valence-corrected chi connectivity index (χ3v) is 6.25. The normalized spacial score (nSPS) is 11.5. The molecular weight excluding hydrogens is 268 g/mol. The molecule has 112 valence electrons. The maximum absolute atomic E-state index is 2.30. The van der Waals surface area contributed by atoms with E-state index in [0.717, 1.165) is 0 Å². The largest absolute Gasteiger partial charge is 0.0654 e. The summed E-state index contributed by atoms with van der Waals surface area (Å²) in [7, 11) is 0.198. The van der Waals surface area contributed by atoms with E-state index in [1.165, 1.54) is 48.9 Å². The van der Waals surface area contributed by atoms with Crippen LogP contribution < -0.4 is 0 Å². The monoisotopic (exact) mass is 296 g/mol. The van der Waals surface area contributed by atoms with Crippen LogP contribution in [0.25, 0.3) is 0 Å². The van der Waals surface area contributed by atoms with Gasteiger partial charge in [0.2, 0.25) is 0 Å². The van der Waals surface area contributed by atoms with Crippen molar-refractivity contribution >= 4 is 9.52 Å². The van der Waals surface area contributed by atoms with E-state index < -0.39 is 0 Å². The fourth-order valence-electron chi connectivity index (χ4n) is 3.03. The fourth-order valence-corrected chi connectivity index (χ4v) is 4.87. The lowest BCUT2D eigenvalue weighted by Crippen LogP contribution is -2.02. The molecule has 2 aromatic carbocycles. The molecule has 0 fully saturated rings. The van der Waals surface area contributed by atoms with Gasteiger partial charge in [-0.2, -0.15) is 0 Å². The van der Waals surface area contributed by atoms with Gasteiger partial charge in [0.1, 0.15) is 0 Å². The SMILES string of the molecule is CCCC[SiH2]CCCC(c1ccccc1)c1ccccc1. The maximum atomic E-state index is 2.30. The van der Waals surface area contributed by atoms with E-state index >= 15 is 0 Å². The molecule has 21 heavy (non-hydrogen) atoms. The predicted octanol–water partition coefficient (Wildman–Crippen LogP) is 5.40. The summed E-state index contributed by atoms with van der Waals surface area (Å²) in [4.78, 5) is 0. The molecule has 0 unspecified atom stereocenters. The molecule has 2 aromatic rings. The van der Waals surface area contributed by atoms with Crippen molar-refractivity contribution in [2.75, 3.05) is 0 Å². The zero-order valence-electron chi connectivity index (χ0n) is 13.3. The first kappa shape index (κ1) is 16.0. The first-order valence-electron chi connectivity index (χ1n) is 8.51. The molecule has 0 aliphatic heterocycles. The van der Waals surface area contributed by atoms with Gasteiger partial charge in [0, 0.05) is 15.4 Å². The molecule has 0 spiro atoms. The molecule has 0 saturated heterocycles. The minimum absolute atomic E-state index is 0.198. The summed E-state index contributed by atoms with van der Waals surface area (Å²) in [5, 5.41) is 0. The molecule has 0 radical (unpaired) electrons. The molecule has 0 heterocycles. The van der Waals surface area contributed by atoms with Crippen LogP contribution in [0.5, 0.6) is 0 Å². The second-order valence-corrected chi connectivity index (χ2v) is 8.05. The Morgan fingerprint density at radius 1 is 0.762 bits per heavy atom. The summed E-state index contributed by atoms with van der Waals surface area (Å²) in [6.07, 6.45) is 5.51. The minimum atomic E-state index is 0.198. The molecule has 0 aliphatic rings. The topological polar surface area (TPSA) is 0 Å². The third kappa shape index (κ3) is 5.51. The summed E-state index contributed by atoms with van der Waals surface area (Å²) in [5.74, 6) is 0.576. The molecule has 0 amide bonds. The van der Waals surface area contributed by atoms with E-state index in [0.29, 0.717) is 5.92 Å². The van der Waals surface area contributed by atoms with Crippen LogP contribution in [0.3, 0.4) is 0 Å². The summed E-state index contributed by atoms with van der Waals surface area (Å²) < 4.78 is 0. The average molecular weight is 297 g/mol. The van der Waals surface area contributed by atoms with Crippen LogP contribution in [0.4, 0.5) is 0 Å². The van der Waals surface area contributed by atoms with Gasteiger partial charge in [0.15, 0.2) is 0 Å². The molecule has 0 nitrogen and oxygen atoms in total. The molecule has 2 rings (SSSR count). The van der Waals surface area contributed by atoms with Crippen molar-refractivity contribution < 1.29 is 0 Å². The summed E-state index contributed by atoms with van der Waals surface area (Å²) >= 11 is 0. The second kappa shape index (κ2) is 9.57. The van der Waals surface area contributed by atoms with Crippen molar-refractivity contribution in [3.05, 3.63) is 71.8 Å². The Morgan fingerprint density at radius 2 is 1.29 bits per heavy atom. The Kier molecular flexibility index (Phi) is 7.31. The van der Waals surface area contributed by atoms with Gasteiger partial charge in [-0.05, 0) is 17.5 Å². The highest BCUT2D eigenvalue weighted by atomic mass is 28.2. The molecule has 0 saturated carbocycles. The molecule has 0 bridgehead atoms. The Labute approximate surface area is 132 Å². The smallest absolute Gasteiger partial charge is 0.0197 e. The zero-order chi connectivity index (χ0) is 14.8. The van der Waals surface area contributed by atoms with Crippen LogP contribution >= 0.6 is 0 Å². The standard InChI is InChI=1S/C20H28Si/c1-2-3-16-21-17-10-15-20(18-11-6-4-7-12-18)19-13-8-5-9-14-19/h4-9,11-14,20H,2-3,10,15-17,21H2,1H3. The van der Waals surface area contributed by atoms with Gasteiger partial charge in [-0.15, -0.1) is 0 Å². The van der Waals surface area contributed by atoms with Crippen LogP contribution in [-0.4, -0.2) is 9.52 Å². The van der Waals surface area contributed by atoms with Gasteiger partial charge in [0.05, 0.1) is 0 Å². The van der Waals surface area contributed by atoms with Crippen LogP contribution in [0.15, 0.2) is 60.7 Å². The molecule has 0 N–H and O–H groups in total. The molecular formula is C20H28Si. The van der Waals surface area contributed by atoms with Gasteiger partial charge < -0.3 is 0 Å². The predicted molar refractivity (Wildman–Crippen MR) is 97.0 cm³/mol.